The molecule has 0 aromatic heterocycles. The molecule has 1 aromatic carbocycles. The van der Waals surface area contributed by atoms with Gasteiger partial charge in [-0.05, 0) is 55.2 Å². The molecular weight excluding hydrogens is 324 g/mol. The summed E-state index contributed by atoms with van der Waals surface area (Å²) >= 11 is 9.66. The van der Waals surface area contributed by atoms with Crippen LogP contribution in [0.2, 0.25) is 5.02 Å². The summed E-state index contributed by atoms with van der Waals surface area (Å²) < 4.78 is 0.983. The zero-order chi connectivity index (χ0) is 14.0. The summed E-state index contributed by atoms with van der Waals surface area (Å²) in [5.74, 6) is 1.49. The van der Waals surface area contributed by atoms with Crippen LogP contribution in [0.3, 0.4) is 0 Å². The van der Waals surface area contributed by atoms with E-state index in [1.165, 1.54) is 0 Å². The minimum absolute atomic E-state index is 0.567. The van der Waals surface area contributed by atoms with Gasteiger partial charge in [-0.1, -0.05) is 47.4 Å². The van der Waals surface area contributed by atoms with Gasteiger partial charge in [0, 0.05) is 15.9 Å². The van der Waals surface area contributed by atoms with Crippen LogP contribution >= 0.6 is 27.5 Å². The number of aliphatic hydroxyl groups is 1. The minimum Gasteiger partial charge on any atom is -0.390 e. The van der Waals surface area contributed by atoms with Gasteiger partial charge in [-0.3, -0.25) is 0 Å². The first-order valence-electron chi connectivity index (χ1n) is 7.06. The highest BCUT2D eigenvalue weighted by Gasteiger charge is 2.34. The molecular formula is C16H22BrClO. The minimum atomic E-state index is -0.567. The molecule has 3 heteroatoms. The maximum Gasteiger partial charge on any atom is 0.0688 e. The smallest absolute Gasteiger partial charge is 0.0688 e. The number of halogens is 2. The predicted molar refractivity (Wildman–Crippen MR) is 84.6 cm³/mol. The lowest BCUT2D eigenvalue weighted by atomic mass is 9.72. The van der Waals surface area contributed by atoms with Crippen LogP contribution in [0.5, 0.6) is 0 Å². The van der Waals surface area contributed by atoms with Crippen molar-refractivity contribution in [2.24, 2.45) is 11.8 Å². The molecule has 1 aliphatic rings. The van der Waals surface area contributed by atoms with E-state index < -0.39 is 5.60 Å². The van der Waals surface area contributed by atoms with Crippen LogP contribution in [-0.4, -0.2) is 10.7 Å². The van der Waals surface area contributed by atoms with Gasteiger partial charge in [0.1, 0.15) is 0 Å². The van der Waals surface area contributed by atoms with Crippen LogP contribution in [0, 0.1) is 11.8 Å². The van der Waals surface area contributed by atoms with E-state index in [4.69, 9.17) is 11.6 Å². The summed E-state index contributed by atoms with van der Waals surface area (Å²) in [7, 11) is 0. The van der Waals surface area contributed by atoms with Gasteiger partial charge in [-0.15, -0.1) is 0 Å². The fourth-order valence-corrected chi connectivity index (χ4v) is 3.78. The Hall–Kier alpha value is -0.0500. The van der Waals surface area contributed by atoms with E-state index >= 15 is 0 Å². The largest absolute Gasteiger partial charge is 0.390 e. The molecule has 0 amide bonds. The third-order valence-corrected chi connectivity index (χ3v) is 5.28. The Kier molecular flexibility index (Phi) is 4.97. The molecule has 2 rings (SSSR count). The van der Waals surface area contributed by atoms with E-state index in [2.05, 4.69) is 29.8 Å². The lowest BCUT2D eigenvalue weighted by molar-refractivity contribution is -0.0146. The van der Waals surface area contributed by atoms with Gasteiger partial charge in [0.15, 0.2) is 0 Å². The van der Waals surface area contributed by atoms with Crippen LogP contribution in [0.15, 0.2) is 22.7 Å². The number of rotatable bonds is 3. The van der Waals surface area contributed by atoms with E-state index in [9.17, 15) is 5.11 Å². The molecule has 106 valence electrons. The summed E-state index contributed by atoms with van der Waals surface area (Å²) in [6, 6.07) is 5.91. The summed E-state index contributed by atoms with van der Waals surface area (Å²) in [5, 5.41) is 11.5. The summed E-state index contributed by atoms with van der Waals surface area (Å²) in [4.78, 5) is 0. The van der Waals surface area contributed by atoms with E-state index in [1.54, 1.807) is 0 Å². The quantitative estimate of drug-likeness (QED) is 0.796. The fourth-order valence-electron chi connectivity index (χ4n) is 3.04. The third-order valence-electron chi connectivity index (χ3n) is 4.44. The molecule has 0 atom stereocenters. The van der Waals surface area contributed by atoms with Crippen molar-refractivity contribution in [1.82, 2.24) is 0 Å². The Labute approximate surface area is 129 Å². The molecule has 1 nitrogen and oxygen atoms in total. The highest BCUT2D eigenvalue weighted by Crippen LogP contribution is 2.38. The van der Waals surface area contributed by atoms with Crippen molar-refractivity contribution in [3.8, 4) is 0 Å². The second-order valence-electron chi connectivity index (χ2n) is 6.22. The molecule has 1 saturated carbocycles. The normalized spacial score (nSPS) is 27.8. The molecule has 1 N–H and O–H groups in total. The first-order chi connectivity index (χ1) is 8.89. The van der Waals surface area contributed by atoms with Gasteiger partial charge in [-0.2, -0.15) is 0 Å². The fraction of sp³-hybridized carbons (Fsp3) is 0.625. The Morgan fingerprint density at radius 2 is 2.00 bits per heavy atom. The van der Waals surface area contributed by atoms with Crippen LogP contribution in [0.25, 0.3) is 0 Å². The van der Waals surface area contributed by atoms with Crippen molar-refractivity contribution in [2.75, 3.05) is 0 Å². The van der Waals surface area contributed by atoms with Crippen molar-refractivity contribution < 1.29 is 5.11 Å². The second kappa shape index (κ2) is 6.15. The van der Waals surface area contributed by atoms with Crippen molar-refractivity contribution in [1.29, 1.82) is 0 Å². The molecule has 0 aliphatic heterocycles. The van der Waals surface area contributed by atoms with Crippen molar-refractivity contribution >= 4 is 27.5 Å². The highest BCUT2D eigenvalue weighted by molar-refractivity contribution is 9.10. The van der Waals surface area contributed by atoms with Crippen LogP contribution in [0.4, 0.5) is 0 Å². The molecule has 0 unspecified atom stereocenters. The van der Waals surface area contributed by atoms with Crippen molar-refractivity contribution in [3.63, 3.8) is 0 Å². The topological polar surface area (TPSA) is 20.2 Å². The van der Waals surface area contributed by atoms with E-state index in [1.807, 2.05) is 18.2 Å². The third kappa shape index (κ3) is 3.96. The second-order valence-corrected chi connectivity index (χ2v) is 7.54. The molecule has 1 fully saturated rings. The van der Waals surface area contributed by atoms with E-state index in [0.29, 0.717) is 6.42 Å². The SMILES string of the molecule is CC(C)C1CCC(O)(Cc2ccc(Br)cc2Cl)CC1. The van der Waals surface area contributed by atoms with Gasteiger partial charge in [0.05, 0.1) is 5.60 Å². The van der Waals surface area contributed by atoms with E-state index in [0.717, 1.165) is 52.6 Å². The molecule has 19 heavy (non-hydrogen) atoms. The lowest BCUT2D eigenvalue weighted by Gasteiger charge is -2.37. The Bertz CT molecular complexity index is 436. The summed E-state index contributed by atoms with van der Waals surface area (Å²) in [6.07, 6.45) is 4.71. The van der Waals surface area contributed by atoms with Crippen molar-refractivity contribution in [2.45, 2.75) is 51.6 Å². The summed E-state index contributed by atoms with van der Waals surface area (Å²) in [6.45, 7) is 4.56. The molecule has 0 bridgehead atoms. The molecule has 0 heterocycles. The average molecular weight is 346 g/mol. The highest BCUT2D eigenvalue weighted by atomic mass is 79.9. The Morgan fingerprint density at radius 1 is 1.37 bits per heavy atom. The molecule has 0 radical (unpaired) electrons. The van der Waals surface area contributed by atoms with Gasteiger partial charge in [-0.25, -0.2) is 0 Å². The zero-order valence-electron chi connectivity index (χ0n) is 11.6. The maximum atomic E-state index is 10.7. The molecule has 0 saturated heterocycles. The van der Waals surface area contributed by atoms with Crippen LogP contribution in [0.1, 0.15) is 45.1 Å². The van der Waals surface area contributed by atoms with Crippen LogP contribution < -0.4 is 0 Å². The zero-order valence-corrected chi connectivity index (χ0v) is 14.0. The van der Waals surface area contributed by atoms with E-state index in [-0.39, 0.29) is 0 Å². The molecule has 0 spiro atoms. The first-order valence-corrected chi connectivity index (χ1v) is 8.23. The standard InChI is InChI=1S/C16H22BrClO/c1-11(2)12-5-7-16(19,8-6-12)10-13-3-4-14(17)9-15(13)18/h3-4,9,11-12,19H,5-8,10H2,1-2H3. The van der Waals surface area contributed by atoms with Gasteiger partial charge in [0.25, 0.3) is 0 Å². The Morgan fingerprint density at radius 3 is 2.53 bits per heavy atom. The number of hydrogen-bond donors (Lipinski definition) is 1. The van der Waals surface area contributed by atoms with Crippen molar-refractivity contribution in [3.05, 3.63) is 33.3 Å². The molecule has 1 aromatic rings. The van der Waals surface area contributed by atoms with Gasteiger partial charge >= 0.3 is 0 Å². The van der Waals surface area contributed by atoms with Gasteiger partial charge < -0.3 is 5.11 Å². The maximum absolute atomic E-state index is 10.7. The van der Waals surface area contributed by atoms with Crippen LogP contribution in [-0.2, 0) is 6.42 Å². The average Bonchev–Trinajstić information content (AvgIpc) is 2.33. The number of hydrogen-bond acceptors (Lipinski definition) is 1. The van der Waals surface area contributed by atoms with Gasteiger partial charge in [0.2, 0.25) is 0 Å². The monoisotopic (exact) mass is 344 g/mol. The predicted octanol–water partition coefficient (Wildman–Crippen LogP) is 5.22. The first kappa shape index (κ1) is 15.3. The molecule has 1 aliphatic carbocycles. The Balaban J connectivity index is 2.03. The lowest BCUT2D eigenvalue weighted by Crippen LogP contribution is -2.37. The number of benzene rings is 1. The summed E-state index contributed by atoms with van der Waals surface area (Å²) in [5.41, 5.74) is 0.485.